The smallest absolute Gasteiger partial charge is 0.354 e. The standard InChI is InChI=1S/C9H13NO3/c1-3-6-8(11)5-7(10-6)9(12)13-4-2/h5,10-11H,3-4H2,1-2H3. The average Bonchev–Trinajstić information content (AvgIpc) is 2.47. The fourth-order valence-corrected chi connectivity index (χ4v) is 1.07. The Morgan fingerprint density at radius 2 is 2.31 bits per heavy atom. The van der Waals surface area contributed by atoms with E-state index in [0.717, 1.165) is 0 Å². The molecule has 0 fully saturated rings. The highest BCUT2D eigenvalue weighted by Gasteiger charge is 2.12. The summed E-state index contributed by atoms with van der Waals surface area (Å²) in [5, 5.41) is 9.31. The first kappa shape index (κ1) is 9.64. The zero-order chi connectivity index (χ0) is 9.84. The van der Waals surface area contributed by atoms with Gasteiger partial charge < -0.3 is 14.8 Å². The zero-order valence-corrected chi connectivity index (χ0v) is 7.76. The molecule has 0 aliphatic rings. The van der Waals surface area contributed by atoms with Crippen molar-refractivity contribution in [2.24, 2.45) is 0 Å². The van der Waals surface area contributed by atoms with E-state index in [2.05, 4.69) is 4.98 Å². The molecular weight excluding hydrogens is 170 g/mol. The van der Waals surface area contributed by atoms with Crippen molar-refractivity contribution in [3.05, 3.63) is 17.5 Å². The van der Waals surface area contributed by atoms with Gasteiger partial charge in [0.1, 0.15) is 11.4 Å². The summed E-state index contributed by atoms with van der Waals surface area (Å²) in [4.78, 5) is 14.0. The number of H-pyrrole nitrogens is 1. The van der Waals surface area contributed by atoms with Crippen LogP contribution < -0.4 is 0 Å². The van der Waals surface area contributed by atoms with E-state index in [1.165, 1.54) is 6.07 Å². The van der Waals surface area contributed by atoms with Gasteiger partial charge in [0.05, 0.1) is 12.3 Å². The van der Waals surface area contributed by atoms with Crippen LogP contribution in [0.15, 0.2) is 6.07 Å². The third-order valence-corrected chi connectivity index (χ3v) is 1.72. The van der Waals surface area contributed by atoms with E-state index in [9.17, 15) is 9.90 Å². The Morgan fingerprint density at radius 3 is 2.77 bits per heavy atom. The molecule has 0 radical (unpaired) electrons. The van der Waals surface area contributed by atoms with Crippen molar-refractivity contribution in [2.45, 2.75) is 20.3 Å². The summed E-state index contributed by atoms with van der Waals surface area (Å²) in [5.41, 5.74) is 0.958. The summed E-state index contributed by atoms with van der Waals surface area (Å²) < 4.78 is 4.76. The highest BCUT2D eigenvalue weighted by molar-refractivity contribution is 5.88. The summed E-state index contributed by atoms with van der Waals surface area (Å²) in [7, 11) is 0. The average molecular weight is 183 g/mol. The Balaban J connectivity index is 2.84. The summed E-state index contributed by atoms with van der Waals surface area (Å²) in [5.74, 6) is -0.317. The van der Waals surface area contributed by atoms with Crippen LogP contribution in [0.3, 0.4) is 0 Å². The largest absolute Gasteiger partial charge is 0.506 e. The van der Waals surface area contributed by atoms with Crippen LogP contribution in [-0.4, -0.2) is 22.7 Å². The van der Waals surface area contributed by atoms with Crippen LogP contribution in [0.4, 0.5) is 0 Å². The second-order valence-electron chi connectivity index (χ2n) is 2.62. The topological polar surface area (TPSA) is 62.3 Å². The first-order valence-electron chi connectivity index (χ1n) is 4.27. The normalized spacial score (nSPS) is 10.0. The zero-order valence-electron chi connectivity index (χ0n) is 7.76. The number of aryl methyl sites for hydroxylation is 1. The minimum atomic E-state index is -0.433. The monoisotopic (exact) mass is 183 g/mol. The van der Waals surface area contributed by atoms with Gasteiger partial charge in [0.2, 0.25) is 0 Å². The van der Waals surface area contributed by atoms with Crippen LogP contribution >= 0.6 is 0 Å². The Bertz CT molecular complexity index is 304. The number of hydrogen-bond acceptors (Lipinski definition) is 3. The molecule has 0 saturated carbocycles. The number of esters is 1. The van der Waals surface area contributed by atoms with E-state index in [-0.39, 0.29) is 5.75 Å². The predicted octanol–water partition coefficient (Wildman–Crippen LogP) is 1.46. The molecule has 72 valence electrons. The third-order valence-electron chi connectivity index (χ3n) is 1.72. The Hall–Kier alpha value is -1.45. The van der Waals surface area contributed by atoms with Gasteiger partial charge in [-0.3, -0.25) is 0 Å². The van der Waals surface area contributed by atoms with Crippen LogP contribution in [0.2, 0.25) is 0 Å². The molecule has 13 heavy (non-hydrogen) atoms. The number of ether oxygens (including phenoxy) is 1. The fraction of sp³-hybridized carbons (Fsp3) is 0.444. The highest BCUT2D eigenvalue weighted by atomic mass is 16.5. The second kappa shape index (κ2) is 3.98. The first-order valence-corrected chi connectivity index (χ1v) is 4.27. The van der Waals surface area contributed by atoms with Gasteiger partial charge in [-0.15, -0.1) is 0 Å². The summed E-state index contributed by atoms with van der Waals surface area (Å²) in [6.45, 7) is 3.96. The molecule has 1 aromatic heterocycles. The SMILES string of the molecule is CCOC(=O)c1cc(O)c(CC)[nH]1. The van der Waals surface area contributed by atoms with Crippen molar-refractivity contribution in [2.75, 3.05) is 6.61 Å². The molecule has 1 heterocycles. The van der Waals surface area contributed by atoms with Gasteiger partial charge in [-0.05, 0) is 13.3 Å². The van der Waals surface area contributed by atoms with Crippen molar-refractivity contribution in [1.29, 1.82) is 0 Å². The lowest BCUT2D eigenvalue weighted by Gasteiger charge is -1.97. The summed E-state index contributed by atoms with van der Waals surface area (Å²) in [6.07, 6.45) is 0.658. The molecule has 0 aliphatic heterocycles. The van der Waals surface area contributed by atoms with Gasteiger partial charge in [-0.2, -0.15) is 0 Å². The summed E-state index contributed by atoms with van der Waals surface area (Å²) >= 11 is 0. The first-order chi connectivity index (χ1) is 6.19. The van der Waals surface area contributed by atoms with Crippen LogP contribution in [0.5, 0.6) is 5.75 Å². The molecule has 1 aromatic rings. The molecule has 0 saturated heterocycles. The maximum Gasteiger partial charge on any atom is 0.354 e. The fourth-order valence-electron chi connectivity index (χ4n) is 1.07. The second-order valence-corrected chi connectivity index (χ2v) is 2.62. The van der Waals surface area contributed by atoms with Crippen molar-refractivity contribution in [1.82, 2.24) is 4.98 Å². The molecule has 4 nitrogen and oxygen atoms in total. The number of hydrogen-bond donors (Lipinski definition) is 2. The van der Waals surface area contributed by atoms with E-state index in [0.29, 0.717) is 24.4 Å². The number of rotatable bonds is 3. The number of aromatic hydroxyl groups is 1. The van der Waals surface area contributed by atoms with Crippen LogP contribution in [0, 0.1) is 0 Å². The number of carbonyl (C=O) groups excluding carboxylic acids is 1. The number of carbonyl (C=O) groups is 1. The maximum absolute atomic E-state index is 11.2. The van der Waals surface area contributed by atoms with Gasteiger partial charge in [0, 0.05) is 6.07 Å². The lowest BCUT2D eigenvalue weighted by molar-refractivity contribution is 0.0520. The third kappa shape index (κ3) is 2.02. The molecule has 4 heteroatoms. The van der Waals surface area contributed by atoms with Gasteiger partial charge in [0.15, 0.2) is 0 Å². The minimum absolute atomic E-state index is 0.116. The molecule has 0 atom stereocenters. The molecule has 0 spiro atoms. The van der Waals surface area contributed by atoms with E-state index in [1.54, 1.807) is 6.92 Å². The maximum atomic E-state index is 11.2. The Kier molecular flexibility index (Phi) is 2.95. The molecule has 0 aliphatic carbocycles. The van der Waals surface area contributed by atoms with Crippen LogP contribution in [0.25, 0.3) is 0 Å². The molecule has 1 rings (SSSR count). The quantitative estimate of drug-likeness (QED) is 0.697. The molecule has 0 bridgehead atoms. The van der Waals surface area contributed by atoms with E-state index in [4.69, 9.17) is 4.74 Å². The van der Waals surface area contributed by atoms with Gasteiger partial charge in [-0.1, -0.05) is 6.92 Å². The van der Waals surface area contributed by atoms with Crippen molar-refractivity contribution < 1.29 is 14.6 Å². The van der Waals surface area contributed by atoms with Crippen molar-refractivity contribution in [3.63, 3.8) is 0 Å². The van der Waals surface area contributed by atoms with Crippen molar-refractivity contribution >= 4 is 5.97 Å². The number of nitrogens with one attached hydrogen (secondary N) is 1. The summed E-state index contributed by atoms with van der Waals surface area (Å²) in [6, 6.07) is 1.39. The van der Waals surface area contributed by atoms with E-state index in [1.807, 2.05) is 6.92 Å². The molecule has 2 N–H and O–H groups in total. The number of aromatic amines is 1. The molecule has 0 amide bonds. The number of aromatic nitrogens is 1. The minimum Gasteiger partial charge on any atom is -0.506 e. The van der Waals surface area contributed by atoms with Gasteiger partial charge >= 0.3 is 5.97 Å². The Labute approximate surface area is 76.5 Å². The van der Waals surface area contributed by atoms with E-state index < -0.39 is 5.97 Å². The molecule has 0 unspecified atom stereocenters. The van der Waals surface area contributed by atoms with Gasteiger partial charge in [-0.25, -0.2) is 4.79 Å². The van der Waals surface area contributed by atoms with Gasteiger partial charge in [0.25, 0.3) is 0 Å². The Morgan fingerprint density at radius 1 is 1.62 bits per heavy atom. The van der Waals surface area contributed by atoms with Crippen LogP contribution in [-0.2, 0) is 11.2 Å². The molecule has 0 aromatic carbocycles. The lowest BCUT2D eigenvalue weighted by atomic mass is 10.3. The van der Waals surface area contributed by atoms with Crippen molar-refractivity contribution in [3.8, 4) is 5.75 Å². The lowest BCUT2D eigenvalue weighted by Crippen LogP contribution is -2.04. The highest BCUT2D eigenvalue weighted by Crippen LogP contribution is 2.18. The predicted molar refractivity (Wildman–Crippen MR) is 47.8 cm³/mol. The molecular formula is C9H13NO3. The van der Waals surface area contributed by atoms with Crippen LogP contribution in [0.1, 0.15) is 30.0 Å². The van der Waals surface area contributed by atoms with E-state index >= 15 is 0 Å².